The fourth-order valence-corrected chi connectivity index (χ4v) is 2.91. The first-order valence-electron chi connectivity index (χ1n) is 8.22. The number of carbonyl (C=O) groups is 1. The van der Waals surface area contributed by atoms with Crippen LogP contribution in [0, 0.1) is 11.8 Å². The van der Waals surface area contributed by atoms with Crippen molar-refractivity contribution in [2.75, 3.05) is 33.4 Å². The van der Waals surface area contributed by atoms with Crippen LogP contribution in [0.5, 0.6) is 0 Å². The fourth-order valence-electron chi connectivity index (χ4n) is 2.91. The molecule has 1 aliphatic rings. The second kappa shape index (κ2) is 11.1. The van der Waals surface area contributed by atoms with Gasteiger partial charge in [-0.3, -0.25) is 4.79 Å². The molecule has 0 saturated heterocycles. The molecule has 0 unspecified atom stereocenters. The molecule has 0 aromatic heterocycles. The monoisotopic (exact) mass is 284 g/mol. The van der Waals surface area contributed by atoms with Crippen LogP contribution in [-0.2, 0) is 9.53 Å². The molecule has 1 rings (SSSR count). The fraction of sp³-hybridized carbons (Fsp3) is 0.938. The van der Waals surface area contributed by atoms with E-state index in [0.29, 0.717) is 19.1 Å². The van der Waals surface area contributed by atoms with Crippen molar-refractivity contribution < 1.29 is 9.53 Å². The van der Waals surface area contributed by atoms with Crippen molar-refractivity contribution in [1.82, 2.24) is 10.6 Å². The predicted molar refractivity (Wildman–Crippen MR) is 82.7 cm³/mol. The number of hydrogen-bond acceptors (Lipinski definition) is 3. The van der Waals surface area contributed by atoms with Crippen LogP contribution in [0.3, 0.4) is 0 Å². The topological polar surface area (TPSA) is 50.4 Å². The van der Waals surface area contributed by atoms with Gasteiger partial charge in [0.1, 0.15) is 0 Å². The zero-order chi connectivity index (χ0) is 14.6. The minimum absolute atomic E-state index is 0.106. The Morgan fingerprint density at radius 3 is 2.55 bits per heavy atom. The largest absolute Gasteiger partial charge is 0.383 e. The predicted octanol–water partition coefficient (Wildman–Crippen LogP) is 2.34. The van der Waals surface area contributed by atoms with E-state index in [1.165, 1.54) is 44.9 Å². The molecular weight excluding hydrogens is 252 g/mol. The first-order valence-corrected chi connectivity index (χ1v) is 8.22. The van der Waals surface area contributed by atoms with Crippen molar-refractivity contribution in [3.8, 4) is 0 Å². The maximum atomic E-state index is 11.6. The molecule has 0 spiro atoms. The smallest absolute Gasteiger partial charge is 0.233 e. The average Bonchev–Trinajstić information content (AvgIpc) is 2.48. The Labute approximate surface area is 124 Å². The Kier molecular flexibility index (Phi) is 9.67. The number of nitrogens with one attached hydrogen (secondary N) is 2. The van der Waals surface area contributed by atoms with Gasteiger partial charge in [0.2, 0.25) is 5.91 Å². The maximum absolute atomic E-state index is 11.6. The SMILES string of the molecule is CCCCC1CCC(CNC(=O)CNCCOC)CC1. The molecule has 4 heteroatoms. The van der Waals surface area contributed by atoms with Crippen LogP contribution in [0.4, 0.5) is 0 Å². The average molecular weight is 284 g/mol. The molecule has 0 atom stereocenters. The van der Waals surface area contributed by atoms with Crippen molar-refractivity contribution in [2.24, 2.45) is 11.8 Å². The van der Waals surface area contributed by atoms with Gasteiger partial charge >= 0.3 is 0 Å². The lowest BCUT2D eigenvalue weighted by Gasteiger charge is -2.28. The molecule has 1 amide bonds. The van der Waals surface area contributed by atoms with Gasteiger partial charge in [0, 0.05) is 20.2 Å². The van der Waals surface area contributed by atoms with Crippen LogP contribution in [0.1, 0.15) is 51.9 Å². The quantitative estimate of drug-likeness (QED) is 0.605. The molecule has 0 aromatic carbocycles. The Morgan fingerprint density at radius 1 is 1.20 bits per heavy atom. The summed E-state index contributed by atoms with van der Waals surface area (Å²) in [6.07, 6.45) is 9.36. The first kappa shape index (κ1) is 17.4. The van der Waals surface area contributed by atoms with E-state index in [1.54, 1.807) is 7.11 Å². The summed E-state index contributed by atoms with van der Waals surface area (Å²) in [4.78, 5) is 11.6. The summed E-state index contributed by atoms with van der Waals surface area (Å²) in [7, 11) is 1.67. The molecule has 4 nitrogen and oxygen atoms in total. The van der Waals surface area contributed by atoms with Crippen molar-refractivity contribution in [3.63, 3.8) is 0 Å². The van der Waals surface area contributed by atoms with Gasteiger partial charge in [-0.25, -0.2) is 0 Å². The van der Waals surface area contributed by atoms with E-state index in [9.17, 15) is 4.79 Å². The number of rotatable bonds is 10. The number of hydrogen-bond donors (Lipinski definition) is 2. The third kappa shape index (κ3) is 7.85. The Bertz CT molecular complexity index is 251. The van der Waals surface area contributed by atoms with Crippen LogP contribution in [0.2, 0.25) is 0 Å². The van der Waals surface area contributed by atoms with Gasteiger partial charge in [-0.2, -0.15) is 0 Å². The third-order valence-electron chi connectivity index (χ3n) is 4.29. The minimum Gasteiger partial charge on any atom is -0.383 e. The highest BCUT2D eigenvalue weighted by molar-refractivity contribution is 5.77. The molecule has 0 radical (unpaired) electrons. The number of unbranched alkanes of at least 4 members (excludes halogenated alkanes) is 1. The molecular formula is C16H32N2O2. The van der Waals surface area contributed by atoms with E-state index in [-0.39, 0.29) is 5.91 Å². The highest BCUT2D eigenvalue weighted by Gasteiger charge is 2.20. The molecule has 20 heavy (non-hydrogen) atoms. The molecule has 0 aliphatic heterocycles. The third-order valence-corrected chi connectivity index (χ3v) is 4.29. The van der Waals surface area contributed by atoms with Crippen LogP contribution < -0.4 is 10.6 Å². The summed E-state index contributed by atoms with van der Waals surface area (Å²) in [5.74, 6) is 1.74. The van der Waals surface area contributed by atoms with E-state index < -0.39 is 0 Å². The standard InChI is InChI=1S/C16H32N2O2/c1-3-4-5-14-6-8-15(9-7-14)12-18-16(19)13-17-10-11-20-2/h14-15,17H,3-13H2,1-2H3,(H,18,19). The van der Waals surface area contributed by atoms with E-state index in [0.717, 1.165) is 19.0 Å². The molecule has 2 N–H and O–H groups in total. The summed E-state index contributed by atoms with van der Waals surface area (Å²) in [5.41, 5.74) is 0. The highest BCUT2D eigenvalue weighted by Crippen LogP contribution is 2.31. The summed E-state index contributed by atoms with van der Waals surface area (Å²) >= 11 is 0. The summed E-state index contributed by atoms with van der Waals surface area (Å²) in [6, 6.07) is 0. The van der Waals surface area contributed by atoms with Gasteiger partial charge in [-0.05, 0) is 24.7 Å². The zero-order valence-electron chi connectivity index (χ0n) is 13.2. The highest BCUT2D eigenvalue weighted by atomic mass is 16.5. The zero-order valence-corrected chi connectivity index (χ0v) is 13.2. The van der Waals surface area contributed by atoms with Gasteiger partial charge in [-0.15, -0.1) is 0 Å². The molecule has 0 aromatic rings. The summed E-state index contributed by atoms with van der Waals surface area (Å²) in [6.45, 7) is 4.89. The number of carbonyl (C=O) groups excluding carboxylic acids is 1. The van der Waals surface area contributed by atoms with Crippen LogP contribution >= 0.6 is 0 Å². The Balaban J connectivity index is 2.01. The van der Waals surface area contributed by atoms with E-state index in [2.05, 4.69) is 17.6 Å². The van der Waals surface area contributed by atoms with Gasteiger partial charge in [0.25, 0.3) is 0 Å². The van der Waals surface area contributed by atoms with Crippen LogP contribution in [0.25, 0.3) is 0 Å². The van der Waals surface area contributed by atoms with E-state index in [1.807, 2.05) is 0 Å². The number of amides is 1. The second-order valence-electron chi connectivity index (χ2n) is 6.00. The summed E-state index contributed by atoms with van der Waals surface area (Å²) in [5, 5.41) is 6.11. The van der Waals surface area contributed by atoms with Crippen molar-refractivity contribution in [2.45, 2.75) is 51.9 Å². The minimum atomic E-state index is 0.106. The molecule has 1 aliphatic carbocycles. The normalized spacial score (nSPS) is 22.7. The van der Waals surface area contributed by atoms with E-state index in [4.69, 9.17) is 4.74 Å². The van der Waals surface area contributed by atoms with Crippen LogP contribution in [-0.4, -0.2) is 39.3 Å². The van der Waals surface area contributed by atoms with Crippen LogP contribution in [0.15, 0.2) is 0 Å². The van der Waals surface area contributed by atoms with Crippen molar-refractivity contribution in [3.05, 3.63) is 0 Å². The van der Waals surface area contributed by atoms with Crippen molar-refractivity contribution >= 4 is 5.91 Å². The van der Waals surface area contributed by atoms with Crippen molar-refractivity contribution in [1.29, 1.82) is 0 Å². The Morgan fingerprint density at radius 2 is 1.90 bits per heavy atom. The molecule has 1 saturated carbocycles. The lowest BCUT2D eigenvalue weighted by atomic mass is 9.80. The number of methoxy groups -OCH3 is 1. The van der Waals surface area contributed by atoms with E-state index >= 15 is 0 Å². The lowest BCUT2D eigenvalue weighted by molar-refractivity contribution is -0.120. The second-order valence-corrected chi connectivity index (χ2v) is 6.00. The molecule has 0 heterocycles. The maximum Gasteiger partial charge on any atom is 0.233 e. The molecule has 118 valence electrons. The molecule has 1 fully saturated rings. The Hall–Kier alpha value is -0.610. The number of ether oxygens (including phenoxy) is 1. The van der Waals surface area contributed by atoms with Gasteiger partial charge in [0.15, 0.2) is 0 Å². The first-order chi connectivity index (χ1) is 9.76. The van der Waals surface area contributed by atoms with Gasteiger partial charge in [0.05, 0.1) is 13.2 Å². The summed E-state index contributed by atoms with van der Waals surface area (Å²) < 4.78 is 4.92. The van der Waals surface area contributed by atoms with Gasteiger partial charge < -0.3 is 15.4 Å². The molecule has 0 bridgehead atoms. The van der Waals surface area contributed by atoms with Gasteiger partial charge in [-0.1, -0.05) is 39.0 Å². The lowest BCUT2D eigenvalue weighted by Crippen LogP contribution is -2.38.